The van der Waals surface area contributed by atoms with Gasteiger partial charge in [0.15, 0.2) is 11.5 Å². The third kappa shape index (κ3) is 2.03. The van der Waals surface area contributed by atoms with Gasteiger partial charge in [0.25, 0.3) is 0 Å². The second kappa shape index (κ2) is 3.58. The molecule has 1 aromatic carbocycles. The molecule has 0 saturated heterocycles. The summed E-state index contributed by atoms with van der Waals surface area (Å²) in [5.41, 5.74) is 0.947. The van der Waals surface area contributed by atoms with E-state index >= 15 is 0 Å². The molecule has 0 aromatic heterocycles. The van der Waals surface area contributed by atoms with Gasteiger partial charge < -0.3 is 14.6 Å². The summed E-state index contributed by atoms with van der Waals surface area (Å²) in [5.74, 6) is 0.573. The van der Waals surface area contributed by atoms with Crippen molar-refractivity contribution in [3.05, 3.63) is 22.7 Å². The predicted octanol–water partition coefficient (Wildman–Crippen LogP) is 2.38. The van der Waals surface area contributed by atoms with E-state index in [-0.39, 0.29) is 6.61 Å². The smallest absolute Gasteiger partial charge is 0.246 e. The quantitative estimate of drug-likeness (QED) is 0.845. The largest absolute Gasteiger partial charge is 0.449 e. The number of fused-ring (bicyclic) bond motifs is 1. The third-order valence-electron chi connectivity index (χ3n) is 2.17. The summed E-state index contributed by atoms with van der Waals surface area (Å²) in [4.78, 5) is 0. The van der Waals surface area contributed by atoms with E-state index in [9.17, 15) is 0 Å². The van der Waals surface area contributed by atoms with Crippen molar-refractivity contribution in [1.82, 2.24) is 0 Å². The van der Waals surface area contributed by atoms with Crippen LogP contribution in [-0.2, 0) is 6.42 Å². The Morgan fingerprint density at radius 3 is 2.73 bits per heavy atom. The van der Waals surface area contributed by atoms with Gasteiger partial charge in [-0.05, 0) is 24.1 Å². The van der Waals surface area contributed by atoms with Crippen LogP contribution >= 0.6 is 11.6 Å². The normalized spacial score (nSPS) is 16.8. The maximum absolute atomic E-state index is 8.85. The van der Waals surface area contributed by atoms with E-state index in [1.165, 1.54) is 0 Å². The van der Waals surface area contributed by atoms with Crippen LogP contribution in [0.3, 0.4) is 0 Å². The summed E-state index contributed by atoms with van der Waals surface area (Å²) in [6.07, 6.45) is 0.566. The number of ether oxygens (including phenoxy) is 2. The Hall–Kier alpha value is -0.930. The van der Waals surface area contributed by atoms with Crippen LogP contribution in [0.15, 0.2) is 12.1 Å². The molecule has 1 aromatic rings. The lowest BCUT2D eigenvalue weighted by Crippen LogP contribution is -2.29. The zero-order chi connectivity index (χ0) is 11.1. The van der Waals surface area contributed by atoms with Gasteiger partial charge in [0, 0.05) is 20.5 Å². The van der Waals surface area contributed by atoms with Gasteiger partial charge in [0.2, 0.25) is 5.79 Å². The molecule has 0 spiro atoms. The maximum Gasteiger partial charge on any atom is 0.246 e. The average Bonchev–Trinajstić information content (AvgIpc) is 2.41. The summed E-state index contributed by atoms with van der Waals surface area (Å²) in [7, 11) is 0. The molecule has 0 radical (unpaired) electrons. The van der Waals surface area contributed by atoms with Crippen LogP contribution in [0, 0.1) is 0 Å². The molecule has 3 nitrogen and oxygen atoms in total. The van der Waals surface area contributed by atoms with Crippen LogP contribution in [0.4, 0.5) is 0 Å². The average molecular weight is 229 g/mol. The highest BCUT2D eigenvalue weighted by molar-refractivity contribution is 6.32. The number of aliphatic hydroxyl groups excluding tert-OH is 1. The minimum atomic E-state index is -0.663. The fraction of sp³-hybridized carbons (Fsp3) is 0.455. The van der Waals surface area contributed by atoms with Crippen LogP contribution < -0.4 is 9.47 Å². The monoisotopic (exact) mass is 228 g/mol. The Morgan fingerprint density at radius 2 is 2.07 bits per heavy atom. The van der Waals surface area contributed by atoms with Crippen molar-refractivity contribution >= 4 is 11.6 Å². The van der Waals surface area contributed by atoms with E-state index in [4.69, 9.17) is 26.2 Å². The first-order valence-electron chi connectivity index (χ1n) is 4.83. The Morgan fingerprint density at radius 1 is 1.33 bits per heavy atom. The van der Waals surface area contributed by atoms with Crippen molar-refractivity contribution in [2.75, 3.05) is 6.61 Å². The molecule has 2 rings (SSSR count). The number of rotatable bonds is 2. The molecule has 4 heteroatoms. The van der Waals surface area contributed by atoms with E-state index in [1.54, 1.807) is 6.07 Å². The van der Waals surface area contributed by atoms with Crippen molar-refractivity contribution in [2.24, 2.45) is 0 Å². The van der Waals surface area contributed by atoms with Gasteiger partial charge >= 0.3 is 0 Å². The van der Waals surface area contributed by atoms with Gasteiger partial charge in [0.05, 0.1) is 5.02 Å². The molecule has 1 heterocycles. The number of benzene rings is 1. The Kier molecular flexibility index (Phi) is 2.52. The highest BCUT2D eigenvalue weighted by atomic mass is 35.5. The molecule has 0 saturated carbocycles. The minimum Gasteiger partial charge on any atom is -0.449 e. The maximum atomic E-state index is 8.85. The molecule has 0 atom stereocenters. The number of aliphatic hydroxyl groups is 1. The summed E-state index contributed by atoms with van der Waals surface area (Å²) in [6, 6.07) is 3.65. The second-order valence-corrected chi connectivity index (χ2v) is 4.39. The molecule has 0 bridgehead atoms. The molecule has 15 heavy (non-hydrogen) atoms. The Labute approximate surface area is 93.6 Å². The first kappa shape index (κ1) is 10.6. The molecule has 1 aliphatic rings. The molecular formula is C11H13ClO3. The lowest BCUT2D eigenvalue weighted by molar-refractivity contribution is -0.0431. The van der Waals surface area contributed by atoms with Gasteiger partial charge in [-0.3, -0.25) is 0 Å². The lowest BCUT2D eigenvalue weighted by atomic mass is 10.1. The summed E-state index contributed by atoms with van der Waals surface area (Å²) in [5, 5.41) is 9.38. The van der Waals surface area contributed by atoms with E-state index in [0.29, 0.717) is 22.9 Å². The Bertz CT molecular complexity index is 388. The van der Waals surface area contributed by atoms with Gasteiger partial charge in [-0.2, -0.15) is 0 Å². The van der Waals surface area contributed by atoms with Gasteiger partial charge in [-0.1, -0.05) is 11.6 Å². The topological polar surface area (TPSA) is 38.7 Å². The highest BCUT2D eigenvalue weighted by Crippen LogP contribution is 2.44. The third-order valence-corrected chi connectivity index (χ3v) is 2.45. The Balaban J connectivity index is 2.38. The van der Waals surface area contributed by atoms with Gasteiger partial charge in [-0.25, -0.2) is 0 Å². The predicted molar refractivity (Wildman–Crippen MR) is 57.6 cm³/mol. The lowest BCUT2D eigenvalue weighted by Gasteiger charge is -2.16. The number of halogens is 1. The summed E-state index contributed by atoms with van der Waals surface area (Å²) >= 11 is 6.05. The van der Waals surface area contributed by atoms with E-state index < -0.39 is 5.79 Å². The standard InChI is InChI=1S/C11H13ClO3/c1-11(2)14-9-6-7(3-4-13)5-8(12)10(9)15-11/h5-6,13H,3-4H2,1-2H3. The van der Waals surface area contributed by atoms with Crippen molar-refractivity contribution in [1.29, 1.82) is 0 Å². The van der Waals surface area contributed by atoms with E-state index in [1.807, 2.05) is 19.9 Å². The SMILES string of the molecule is CC1(C)Oc2cc(CCO)cc(Cl)c2O1. The molecule has 0 aliphatic carbocycles. The van der Waals surface area contributed by atoms with Crippen LogP contribution in [-0.4, -0.2) is 17.5 Å². The fourth-order valence-corrected chi connectivity index (χ4v) is 1.87. The zero-order valence-electron chi connectivity index (χ0n) is 8.71. The molecule has 1 N–H and O–H groups in total. The molecule has 82 valence electrons. The zero-order valence-corrected chi connectivity index (χ0v) is 9.47. The molecular weight excluding hydrogens is 216 g/mol. The molecule has 0 unspecified atom stereocenters. The number of hydrogen-bond donors (Lipinski definition) is 1. The van der Waals surface area contributed by atoms with Crippen molar-refractivity contribution < 1.29 is 14.6 Å². The summed E-state index contributed by atoms with van der Waals surface area (Å²) < 4.78 is 11.1. The van der Waals surface area contributed by atoms with Crippen LogP contribution in [0.25, 0.3) is 0 Å². The molecule has 0 fully saturated rings. The van der Waals surface area contributed by atoms with Crippen molar-refractivity contribution in [3.8, 4) is 11.5 Å². The second-order valence-electron chi connectivity index (χ2n) is 3.98. The first-order valence-corrected chi connectivity index (χ1v) is 5.21. The molecule has 1 aliphatic heterocycles. The van der Waals surface area contributed by atoms with Gasteiger partial charge in [-0.15, -0.1) is 0 Å². The number of hydrogen-bond acceptors (Lipinski definition) is 3. The highest BCUT2D eigenvalue weighted by Gasteiger charge is 2.33. The van der Waals surface area contributed by atoms with Crippen molar-refractivity contribution in [3.63, 3.8) is 0 Å². The van der Waals surface area contributed by atoms with E-state index in [2.05, 4.69) is 0 Å². The van der Waals surface area contributed by atoms with Crippen LogP contribution in [0.1, 0.15) is 19.4 Å². The van der Waals surface area contributed by atoms with Gasteiger partial charge in [0.1, 0.15) is 0 Å². The first-order chi connectivity index (χ1) is 7.02. The fourth-order valence-electron chi connectivity index (χ4n) is 1.60. The van der Waals surface area contributed by atoms with Crippen LogP contribution in [0.2, 0.25) is 5.02 Å². The van der Waals surface area contributed by atoms with Crippen LogP contribution in [0.5, 0.6) is 11.5 Å². The van der Waals surface area contributed by atoms with E-state index in [0.717, 1.165) is 5.56 Å². The molecule has 0 amide bonds. The summed E-state index contributed by atoms with van der Waals surface area (Å²) in [6.45, 7) is 3.75. The minimum absolute atomic E-state index is 0.0966. The van der Waals surface area contributed by atoms with Crippen molar-refractivity contribution in [2.45, 2.75) is 26.1 Å².